The fourth-order valence-corrected chi connectivity index (χ4v) is 4.13. The van der Waals surface area contributed by atoms with Gasteiger partial charge in [0.2, 0.25) is 15.9 Å². The summed E-state index contributed by atoms with van der Waals surface area (Å²) in [6, 6.07) is 0.00852. The highest BCUT2D eigenvalue weighted by Crippen LogP contribution is 2.21. The molecule has 2 heterocycles. The molecule has 1 aromatic rings. The Hall–Kier alpha value is -1.48. The molecule has 1 aliphatic rings. The monoisotopic (exact) mass is 343 g/mol. The topological polar surface area (TPSA) is 97.2 Å². The summed E-state index contributed by atoms with van der Waals surface area (Å²) < 4.78 is 26.8. The number of carbonyl (C=O) groups is 1. The Balaban J connectivity index is 1.66. The van der Waals surface area contributed by atoms with Crippen molar-refractivity contribution in [3.05, 3.63) is 12.7 Å². The fourth-order valence-electron chi connectivity index (χ4n) is 2.92. The minimum Gasteiger partial charge on any atom is -0.356 e. The largest absolute Gasteiger partial charge is 0.356 e. The SMILES string of the molecule is CS(=O)(=O)N1CCCC[C@@H]1CCNC(=O)CCCn1cncn1. The minimum atomic E-state index is -3.16. The quantitative estimate of drug-likeness (QED) is 0.736. The van der Waals surface area contributed by atoms with Crippen LogP contribution < -0.4 is 5.32 Å². The number of piperidine rings is 1. The van der Waals surface area contributed by atoms with Gasteiger partial charge in [-0.25, -0.2) is 13.4 Å². The highest BCUT2D eigenvalue weighted by atomic mass is 32.2. The average molecular weight is 343 g/mol. The number of hydrogen-bond acceptors (Lipinski definition) is 5. The molecule has 0 aliphatic carbocycles. The number of nitrogens with one attached hydrogen (secondary N) is 1. The van der Waals surface area contributed by atoms with Crippen molar-refractivity contribution in [1.82, 2.24) is 24.4 Å². The van der Waals surface area contributed by atoms with Crippen LogP contribution in [0, 0.1) is 0 Å². The average Bonchev–Trinajstić information content (AvgIpc) is 3.00. The van der Waals surface area contributed by atoms with E-state index in [0.29, 0.717) is 38.9 Å². The van der Waals surface area contributed by atoms with E-state index in [-0.39, 0.29) is 11.9 Å². The molecule has 9 heteroatoms. The predicted octanol–water partition coefficient (Wildman–Crippen LogP) is 0.379. The molecule has 1 saturated heterocycles. The van der Waals surface area contributed by atoms with Crippen molar-refractivity contribution < 1.29 is 13.2 Å². The van der Waals surface area contributed by atoms with Crippen molar-refractivity contribution in [3.8, 4) is 0 Å². The molecule has 1 N–H and O–H groups in total. The summed E-state index contributed by atoms with van der Waals surface area (Å²) >= 11 is 0. The van der Waals surface area contributed by atoms with E-state index in [1.165, 1.54) is 12.6 Å². The van der Waals surface area contributed by atoms with Gasteiger partial charge in [0.15, 0.2) is 0 Å². The number of amides is 1. The van der Waals surface area contributed by atoms with E-state index in [9.17, 15) is 13.2 Å². The lowest BCUT2D eigenvalue weighted by molar-refractivity contribution is -0.121. The maximum Gasteiger partial charge on any atom is 0.220 e. The zero-order valence-corrected chi connectivity index (χ0v) is 14.3. The van der Waals surface area contributed by atoms with E-state index < -0.39 is 10.0 Å². The summed E-state index contributed by atoms with van der Waals surface area (Å²) in [5, 5.41) is 6.86. The van der Waals surface area contributed by atoms with Crippen molar-refractivity contribution in [2.24, 2.45) is 0 Å². The maximum absolute atomic E-state index is 11.8. The molecule has 1 atom stereocenters. The van der Waals surface area contributed by atoms with Crippen LogP contribution in [0.3, 0.4) is 0 Å². The number of aromatic nitrogens is 3. The first-order valence-corrected chi connectivity index (χ1v) is 9.87. The first kappa shape index (κ1) is 17.9. The van der Waals surface area contributed by atoms with Crippen molar-refractivity contribution >= 4 is 15.9 Å². The lowest BCUT2D eigenvalue weighted by Crippen LogP contribution is -2.44. The zero-order chi connectivity index (χ0) is 16.7. The van der Waals surface area contributed by atoms with Crippen molar-refractivity contribution in [1.29, 1.82) is 0 Å². The Morgan fingerprint density at radius 1 is 1.39 bits per heavy atom. The number of aryl methyl sites for hydroxylation is 1. The van der Waals surface area contributed by atoms with E-state index in [0.717, 1.165) is 19.3 Å². The molecule has 1 amide bonds. The Kier molecular flexibility index (Phi) is 6.52. The van der Waals surface area contributed by atoms with Gasteiger partial charge in [0.05, 0.1) is 6.26 Å². The van der Waals surface area contributed by atoms with Gasteiger partial charge in [-0.15, -0.1) is 0 Å². The van der Waals surface area contributed by atoms with E-state index in [1.807, 2.05) is 0 Å². The van der Waals surface area contributed by atoms with Crippen molar-refractivity contribution in [2.75, 3.05) is 19.3 Å². The second-order valence-electron chi connectivity index (χ2n) is 5.92. The van der Waals surface area contributed by atoms with Gasteiger partial charge in [-0.1, -0.05) is 6.42 Å². The van der Waals surface area contributed by atoms with Crippen LogP contribution in [0.5, 0.6) is 0 Å². The van der Waals surface area contributed by atoms with Gasteiger partial charge in [-0.3, -0.25) is 9.48 Å². The first-order chi connectivity index (χ1) is 11.0. The maximum atomic E-state index is 11.8. The normalized spacial score (nSPS) is 19.6. The molecule has 0 bridgehead atoms. The summed E-state index contributed by atoms with van der Waals surface area (Å²) in [6.07, 6.45) is 8.98. The molecular weight excluding hydrogens is 318 g/mol. The van der Waals surface area contributed by atoms with E-state index >= 15 is 0 Å². The number of rotatable bonds is 8. The standard InChI is InChI=1S/C14H25N5O3S/c1-23(21,22)19-10-3-2-5-13(19)7-8-16-14(20)6-4-9-18-12-15-11-17-18/h11-13H,2-10H2,1H3,(H,16,20)/t13-/m1/s1. The van der Waals surface area contributed by atoms with Gasteiger partial charge in [0.25, 0.3) is 0 Å². The van der Waals surface area contributed by atoms with Crippen LogP contribution in [-0.2, 0) is 21.4 Å². The Labute approximate surface area is 137 Å². The van der Waals surface area contributed by atoms with Gasteiger partial charge in [-0.2, -0.15) is 9.40 Å². The molecule has 0 aromatic carbocycles. The van der Waals surface area contributed by atoms with Gasteiger partial charge < -0.3 is 5.32 Å². The van der Waals surface area contributed by atoms with E-state index in [4.69, 9.17) is 0 Å². The second kappa shape index (κ2) is 8.39. The van der Waals surface area contributed by atoms with Crippen molar-refractivity contribution in [3.63, 3.8) is 0 Å². The molecule has 0 radical (unpaired) electrons. The number of nitrogens with zero attached hydrogens (tertiary/aromatic N) is 4. The number of sulfonamides is 1. The smallest absolute Gasteiger partial charge is 0.220 e. The van der Waals surface area contributed by atoms with Crippen LogP contribution in [0.1, 0.15) is 38.5 Å². The molecule has 130 valence electrons. The van der Waals surface area contributed by atoms with Crippen LogP contribution >= 0.6 is 0 Å². The summed E-state index contributed by atoms with van der Waals surface area (Å²) in [6.45, 7) is 1.77. The molecule has 0 saturated carbocycles. The molecule has 0 unspecified atom stereocenters. The minimum absolute atomic E-state index is 0.00756. The molecule has 1 fully saturated rings. The van der Waals surface area contributed by atoms with Crippen LogP contribution in [-0.4, -0.2) is 58.8 Å². The van der Waals surface area contributed by atoms with Crippen LogP contribution in [0.15, 0.2) is 12.7 Å². The summed E-state index contributed by atoms with van der Waals surface area (Å²) in [7, 11) is -3.16. The van der Waals surface area contributed by atoms with Crippen LogP contribution in [0.4, 0.5) is 0 Å². The van der Waals surface area contributed by atoms with Gasteiger partial charge >= 0.3 is 0 Å². The number of hydrogen-bond donors (Lipinski definition) is 1. The number of carbonyl (C=O) groups excluding carboxylic acids is 1. The molecule has 23 heavy (non-hydrogen) atoms. The second-order valence-corrected chi connectivity index (χ2v) is 7.86. The zero-order valence-electron chi connectivity index (χ0n) is 13.5. The lowest BCUT2D eigenvalue weighted by Gasteiger charge is -2.33. The van der Waals surface area contributed by atoms with Crippen LogP contribution in [0.2, 0.25) is 0 Å². The molecule has 1 aromatic heterocycles. The summed E-state index contributed by atoms with van der Waals surface area (Å²) in [4.78, 5) is 15.6. The van der Waals surface area contributed by atoms with E-state index in [1.54, 1.807) is 15.3 Å². The Morgan fingerprint density at radius 3 is 2.91 bits per heavy atom. The Bertz CT molecular complexity index is 588. The summed E-state index contributed by atoms with van der Waals surface area (Å²) in [5.74, 6) is -0.00756. The third-order valence-electron chi connectivity index (χ3n) is 4.06. The van der Waals surface area contributed by atoms with Gasteiger partial charge in [-0.05, 0) is 25.7 Å². The van der Waals surface area contributed by atoms with Crippen molar-refractivity contribution in [2.45, 2.75) is 51.1 Å². The third-order valence-corrected chi connectivity index (χ3v) is 5.39. The highest BCUT2D eigenvalue weighted by molar-refractivity contribution is 7.88. The first-order valence-electron chi connectivity index (χ1n) is 8.03. The van der Waals surface area contributed by atoms with E-state index in [2.05, 4.69) is 15.4 Å². The lowest BCUT2D eigenvalue weighted by atomic mass is 10.0. The predicted molar refractivity (Wildman–Crippen MR) is 86.1 cm³/mol. The fraction of sp³-hybridized carbons (Fsp3) is 0.786. The highest BCUT2D eigenvalue weighted by Gasteiger charge is 2.28. The van der Waals surface area contributed by atoms with Gasteiger partial charge in [0.1, 0.15) is 12.7 Å². The van der Waals surface area contributed by atoms with Gasteiger partial charge in [0, 0.05) is 32.1 Å². The molecule has 1 aliphatic heterocycles. The third kappa shape index (κ3) is 5.91. The molecule has 8 nitrogen and oxygen atoms in total. The molecule has 0 spiro atoms. The molecular formula is C14H25N5O3S. The van der Waals surface area contributed by atoms with Crippen LogP contribution in [0.25, 0.3) is 0 Å². The Morgan fingerprint density at radius 2 is 2.22 bits per heavy atom. The molecule has 2 rings (SSSR count). The summed E-state index contributed by atoms with van der Waals surface area (Å²) in [5.41, 5.74) is 0.